The molecule has 1 saturated carbocycles. The van der Waals surface area contributed by atoms with Crippen molar-refractivity contribution < 1.29 is 14.3 Å². The number of rotatable bonds is 7. The first-order chi connectivity index (χ1) is 14.1. The molecule has 1 aromatic heterocycles. The number of aryl methyl sites for hydroxylation is 2. The van der Waals surface area contributed by atoms with Gasteiger partial charge in [-0.3, -0.25) is 4.79 Å². The molecule has 6 nitrogen and oxygen atoms in total. The van der Waals surface area contributed by atoms with Crippen molar-refractivity contribution in [2.75, 3.05) is 19.8 Å². The van der Waals surface area contributed by atoms with E-state index in [-0.39, 0.29) is 12.0 Å². The fraction of sp³-hybridized carbons (Fsp3) is 0.565. The van der Waals surface area contributed by atoms with Crippen molar-refractivity contribution in [3.8, 4) is 5.88 Å². The Morgan fingerprint density at radius 1 is 1.28 bits per heavy atom. The maximum atomic E-state index is 12.9. The molecule has 2 aliphatic rings. The van der Waals surface area contributed by atoms with Crippen molar-refractivity contribution in [1.29, 1.82) is 0 Å². The van der Waals surface area contributed by atoms with E-state index in [1.807, 2.05) is 14.0 Å². The van der Waals surface area contributed by atoms with Crippen molar-refractivity contribution in [2.45, 2.75) is 51.0 Å². The number of nitrogens with zero attached hydrogens (tertiary/aromatic N) is 2. The maximum absolute atomic E-state index is 12.9. The number of hydrogen-bond donors (Lipinski definition) is 1. The molecule has 0 spiro atoms. The van der Waals surface area contributed by atoms with Crippen LogP contribution in [-0.4, -0.2) is 41.6 Å². The Morgan fingerprint density at radius 3 is 2.79 bits per heavy atom. The zero-order valence-electron chi connectivity index (χ0n) is 17.4. The zero-order valence-corrected chi connectivity index (χ0v) is 17.4. The molecule has 156 valence electrons. The Labute approximate surface area is 172 Å². The minimum absolute atomic E-state index is 0.0970. The summed E-state index contributed by atoms with van der Waals surface area (Å²) >= 11 is 0. The molecule has 1 saturated heterocycles. The minimum atomic E-state index is -0.0988. The SMILES string of the molecule is Cc1nn(C)c(OCC2CCCCO2)c1C(=O)NCC1CC(c2ccccc2)C1. The Morgan fingerprint density at radius 2 is 2.07 bits per heavy atom. The molecule has 1 aliphatic heterocycles. The third-order valence-electron chi connectivity index (χ3n) is 6.13. The zero-order chi connectivity index (χ0) is 20.2. The molecule has 1 aromatic carbocycles. The van der Waals surface area contributed by atoms with Gasteiger partial charge in [0.25, 0.3) is 5.91 Å². The van der Waals surface area contributed by atoms with E-state index in [9.17, 15) is 4.79 Å². The van der Waals surface area contributed by atoms with Crippen LogP contribution in [0, 0.1) is 12.8 Å². The van der Waals surface area contributed by atoms with E-state index in [2.05, 4.69) is 40.7 Å². The first kappa shape index (κ1) is 20.0. The molecule has 29 heavy (non-hydrogen) atoms. The number of nitrogens with one attached hydrogen (secondary N) is 1. The van der Waals surface area contributed by atoms with Crippen molar-refractivity contribution >= 4 is 5.91 Å². The van der Waals surface area contributed by atoms with Gasteiger partial charge in [-0.1, -0.05) is 30.3 Å². The normalized spacial score (nSPS) is 24.0. The predicted octanol–water partition coefficient (Wildman–Crippen LogP) is 3.60. The van der Waals surface area contributed by atoms with E-state index in [4.69, 9.17) is 9.47 Å². The van der Waals surface area contributed by atoms with Crippen LogP contribution in [-0.2, 0) is 11.8 Å². The number of carbonyl (C=O) groups excluding carboxylic acids is 1. The van der Waals surface area contributed by atoms with E-state index >= 15 is 0 Å². The average molecular weight is 398 g/mol. The Hall–Kier alpha value is -2.34. The molecule has 0 radical (unpaired) electrons. The molecule has 2 fully saturated rings. The molecule has 2 heterocycles. The highest BCUT2D eigenvalue weighted by molar-refractivity contribution is 5.97. The Kier molecular flexibility index (Phi) is 6.19. The summed E-state index contributed by atoms with van der Waals surface area (Å²) in [5, 5.41) is 7.50. The summed E-state index contributed by atoms with van der Waals surface area (Å²) in [6.07, 6.45) is 5.62. The quantitative estimate of drug-likeness (QED) is 0.775. The molecule has 1 atom stereocenters. The third kappa shape index (κ3) is 4.64. The summed E-state index contributed by atoms with van der Waals surface area (Å²) in [5.41, 5.74) is 2.64. The highest BCUT2D eigenvalue weighted by Crippen LogP contribution is 2.41. The van der Waals surface area contributed by atoms with Gasteiger partial charge in [0, 0.05) is 20.2 Å². The second-order valence-electron chi connectivity index (χ2n) is 8.34. The summed E-state index contributed by atoms with van der Waals surface area (Å²) in [5.74, 6) is 1.58. The van der Waals surface area contributed by atoms with E-state index in [1.165, 1.54) is 5.56 Å². The van der Waals surface area contributed by atoms with Crippen molar-refractivity contribution in [1.82, 2.24) is 15.1 Å². The molecule has 0 bridgehead atoms. The van der Waals surface area contributed by atoms with Gasteiger partial charge < -0.3 is 14.8 Å². The standard InChI is InChI=1S/C23H31N3O3/c1-16-21(23(26(2)25-16)29-15-20-10-6-7-11-28-20)22(27)24-14-17-12-19(13-17)18-8-4-3-5-9-18/h3-5,8-9,17,19-20H,6-7,10-15H2,1-2H3,(H,24,27). The van der Waals surface area contributed by atoms with Crippen LogP contribution < -0.4 is 10.1 Å². The summed E-state index contributed by atoms with van der Waals surface area (Å²) in [6, 6.07) is 10.6. The Bertz CT molecular complexity index is 821. The number of hydrogen-bond acceptors (Lipinski definition) is 4. The van der Waals surface area contributed by atoms with Gasteiger partial charge in [0.2, 0.25) is 5.88 Å². The van der Waals surface area contributed by atoms with Crippen molar-refractivity contribution in [3.63, 3.8) is 0 Å². The third-order valence-corrected chi connectivity index (χ3v) is 6.13. The largest absolute Gasteiger partial charge is 0.475 e. The fourth-order valence-corrected chi connectivity index (χ4v) is 4.40. The van der Waals surface area contributed by atoms with Crippen LogP contribution in [0.4, 0.5) is 0 Å². The number of aromatic nitrogens is 2. The monoisotopic (exact) mass is 397 g/mol. The van der Waals surface area contributed by atoms with Crippen molar-refractivity contribution in [3.05, 3.63) is 47.2 Å². The van der Waals surface area contributed by atoms with Crippen LogP contribution in [0.3, 0.4) is 0 Å². The van der Waals surface area contributed by atoms with Crippen LogP contribution in [0.1, 0.15) is 59.6 Å². The first-order valence-corrected chi connectivity index (χ1v) is 10.7. The molecular formula is C23H31N3O3. The molecule has 1 N–H and O–H groups in total. The number of amides is 1. The smallest absolute Gasteiger partial charge is 0.258 e. The molecule has 6 heteroatoms. The fourth-order valence-electron chi connectivity index (χ4n) is 4.40. The van der Waals surface area contributed by atoms with Gasteiger partial charge in [-0.05, 0) is 56.4 Å². The van der Waals surface area contributed by atoms with Crippen LogP contribution in [0.2, 0.25) is 0 Å². The van der Waals surface area contributed by atoms with Crippen LogP contribution in [0.15, 0.2) is 30.3 Å². The second kappa shape index (κ2) is 8.99. The van der Waals surface area contributed by atoms with Gasteiger partial charge in [-0.15, -0.1) is 0 Å². The number of carbonyl (C=O) groups is 1. The van der Waals surface area contributed by atoms with E-state index in [0.29, 0.717) is 42.1 Å². The number of ether oxygens (including phenoxy) is 2. The molecule has 1 unspecified atom stereocenters. The highest BCUT2D eigenvalue weighted by atomic mass is 16.5. The van der Waals surface area contributed by atoms with Gasteiger partial charge in [0.15, 0.2) is 0 Å². The van der Waals surface area contributed by atoms with Crippen LogP contribution in [0.5, 0.6) is 5.88 Å². The molecule has 2 aromatic rings. The molecule has 4 rings (SSSR count). The summed E-state index contributed by atoms with van der Waals surface area (Å²) in [6.45, 7) is 3.80. The highest BCUT2D eigenvalue weighted by Gasteiger charge is 2.31. The topological polar surface area (TPSA) is 65.4 Å². The average Bonchev–Trinajstić information content (AvgIpc) is 2.99. The minimum Gasteiger partial charge on any atom is -0.475 e. The predicted molar refractivity (Wildman–Crippen MR) is 111 cm³/mol. The summed E-state index contributed by atoms with van der Waals surface area (Å²) in [7, 11) is 1.82. The lowest BCUT2D eigenvalue weighted by Gasteiger charge is -2.35. The van der Waals surface area contributed by atoms with Crippen LogP contribution in [0.25, 0.3) is 0 Å². The van der Waals surface area contributed by atoms with E-state index in [1.54, 1.807) is 4.68 Å². The maximum Gasteiger partial charge on any atom is 0.258 e. The Balaban J connectivity index is 1.30. The van der Waals surface area contributed by atoms with Gasteiger partial charge in [0.05, 0.1) is 11.8 Å². The number of benzene rings is 1. The first-order valence-electron chi connectivity index (χ1n) is 10.7. The van der Waals surface area contributed by atoms with Gasteiger partial charge in [-0.25, -0.2) is 4.68 Å². The lowest BCUT2D eigenvalue weighted by molar-refractivity contribution is -0.0128. The van der Waals surface area contributed by atoms with Gasteiger partial charge in [0.1, 0.15) is 12.2 Å². The molecule has 1 amide bonds. The van der Waals surface area contributed by atoms with Crippen molar-refractivity contribution in [2.24, 2.45) is 13.0 Å². The lowest BCUT2D eigenvalue weighted by Crippen LogP contribution is -2.35. The lowest BCUT2D eigenvalue weighted by atomic mass is 9.71. The molecule has 1 aliphatic carbocycles. The van der Waals surface area contributed by atoms with Gasteiger partial charge in [-0.2, -0.15) is 5.10 Å². The summed E-state index contributed by atoms with van der Waals surface area (Å²) < 4.78 is 13.4. The molecular weight excluding hydrogens is 366 g/mol. The summed E-state index contributed by atoms with van der Waals surface area (Å²) in [4.78, 5) is 12.9. The second-order valence-corrected chi connectivity index (χ2v) is 8.34. The van der Waals surface area contributed by atoms with E-state index in [0.717, 1.165) is 38.7 Å². The van der Waals surface area contributed by atoms with Crippen LogP contribution >= 0.6 is 0 Å². The van der Waals surface area contributed by atoms with E-state index < -0.39 is 0 Å². The van der Waals surface area contributed by atoms with Gasteiger partial charge >= 0.3 is 0 Å².